The first-order chi connectivity index (χ1) is 8.78. The molecule has 1 rings (SSSR count). The monoisotopic (exact) mass is 287 g/mol. The van der Waals surface area contributed by atoms with Gasteiger partial charge in [0, 0.05) is 23.2 Å². The summed E-state index contributed by atoms with van der Waals surface area (Å²) in [6, 6.07) is 4.12. The second-order valence-electron chi connectivity index (χ2n) is 5.14. The number of nitrogens with one attached hydrogen (secondary N) is 1. The van der Waals surface area contributed by atoms with Crippen molar-refractivity contribution in [3.63, 3.8) is 0 Å². The first-order valence-corrected chi connectivity index (χ1v) is 6.54. The van der Waals surface area contributed by atoms with E-state index in [-0.39, 0.29) is 18.6 Å². The van der Waals surface area contributed by atoms with Crippen LogP contribution in [-0.4, -0.2) is 23.7 Å². The number of carbonyl (C=O) groups excluding carboxylic acids is 1. The van der Waals surface area contributed by atoms with Crippen LogP contribution in [0.1, 0.15) is 32.8 Å². The molecule has 0 saturated carbocycles. The Kier molecular flexibility index (Phi) is 5.32. The highest BCUT2D eigenvalue weighted by Gasteiger charge is 2.33. The molecule has 0 aliphatic rings. The molecule has 0 heterocycles. The number of benzene rings is 1. The standard InChI is InChI=1S/C14H19ClFNO2/c1-9(6-7-18)17-13(19)14(2,3)11-5-4-10(15)8-12(11)16/h4-5,8-9,18H,6-7H2,1-3H3,(H,17,19)/t9-/m1/s1. The molecule has 0 aliphatic carbocycles. The summed E-state index contributed by atoms with van der Waals surface area (Å²) >= 11 is 5.70. The number of halogens is 2. The van der Waals surface area contributed by atoms with Crippen LogP contribution in [0.3, 0.4) is 0 Å². The quantitative estimate of drug-likeness (QED) is 0.875. The molecule has 5 heteroatoms. The predicted octanol–water partition coefficient (Wildman–Crippen LogP) is 2.64. The molecule has 106 valence electrons. The van der Waals surface area contributed by atoms with E-state index in [9.17, 15) is 9.18 Å². The Hall–Kier alpha value is -1.13. The van der Waals surface area contributed by atoms with Gasteiger partial charge in [-0.25, -0.2) is 4.39 Å². The lowest BCUT2D eigenvalue weighted by molar-refractivity contribution is -0.126. The highest BCUT2D eigenvalue weighted by Crippen LogP contribution is 2.28. The van der Waals surface area contributed by atoms with Gasteiger partial charge < -0.3 is 10.4 Å². The van der Waals surface area contributed by atoms with Crippen LogP contribution < -0.4 is 5.32 Å². The maximum Gasteiger partial charge on any atom is 0.230 e. The lowest BCUT2D eigenvalue weighted by atomic mass is 9.83. The van der Waals surface area contributed by atoms with Gasteiger partial charge in [0.1, 0.15) is 5.82 Å². The molecule has 1 atom stereocenters. The Morgan fingerprint density at radius 1 is 1.53 bits per heavy atom. The van der Waals surface area contributed by atoms with E-state index in [1.165, 1.54) is 12.1 Å². The van der Waals surface area contributed by atoms with E-state index in [4.69, 9.17) is 16.7 Å². The van der Waals surface area contributed by atoms with E-state index < -0.39 is 11.2 Å². The summed E-state index contributed by atoms with van der Waals surface area (Å²) in [6.45, 7) is 5.10. The number of carbonyl (C=O) groups is 1. The van der Waals surface area contributed by atoms with Crippen LogP contribution in [0, 0.1) is 5.82 Å². The molecule has 0 fully saturated rings. The maximum absolute atomic E-state index is 13.9. The van der Waals surface area contributed by atoms with Crippen LogP contribution in [0.4, 0.5) is 4.39 Å². The number of rotatable bonds is 5. The number of aliphatic hydroxyl groups excluding tert-OH is 1. The van der Waals surface area contributed by atoms with Crippen molar-refractivity contribution in [2.24, 2.45) is 0 Å². The fourth-order valence-corrected chi connectivity index (χ4v) is 1.95. The molecular weight excluding hydrogens is 269 g/mol. The average Bonchev–Trinajstić information content (AvgIpc) is 2.28. The van der Waals surface area contributed by atoms with Gasteiger partial charge >= 0.3 is 0 Å². The zero-order valence-corrected chi connectivity index (χ0v) is 12.1. The fraction of sp³-hybridized carbons (Fsp3) is 0.500. The Morgan fingerprint density at radius 2 is 2.16 bits per heavy atom. The van der Waals surface area contributed by atoms with Gasteiger partial charge in [0.05, 0.1) is 5.41 Å². The predicted molar refractivity (Wildman–Crippen MR) is 73.7 cm³/mol. The van der Waals surface area contributed by atoms with Crippen molar-refractivity contribution in [1.82, 2.24) is 5.32 Å². The molecule has 0 saturated heterocycles. The van der Waals surface area contributed by atoms with E-state index in [0.717, 1.165) is 0 Å². The highest BCUT2D eigenvalue weighted by atomic mass is 35.5. The summed E-state index contributed by atoms with van der Waals surface area (Å²) in [5.74, 6) is -0.780. The third-order valence-corrected chi connectivity index (χ3v) is 3.35. The zero-order chi connectivity index (χ0) is 14.6. The lowest BCUT2D eigenvalue weighted by Gasteiger charge is -2.26. The molecule has 0 unspecified atom stereocenters. The van der Waals surface area contributed by atoms with Crippen molar-refractivity contribution in [3.8, 4) is 0 Å². The molecule has 0 bridgehead atoms. The zero-order valence-electron chi connectivity index (χ0n) is 11.3. The van der Waals surface area contributed by atoms with Gasteiger partial charge in [0.15, 0.2) is 0 Å². The lowest BCUT2D eigenvalue weighted by Crippen LogP contribution is -2.44. The average molecular weight is 288 g/mol. The van der Waals surface area contributed by atoms with Crippen LogP contribution in [0.25, 0.3) is 0 Å². The molecule has 2 N–H and O–H groups in total. The van der Waals surface area contributed by atoms with Gasteiger partial charge in [0.25, 0.3) is 0 Å². The molecule has 0 radical (unpaired) electrons. The minimum absolute atomic E-state index is 0.00280. The van der Waals surface area contributed by atoms with E-state index in [2.05, 4.69) is 5.32 Å². The molecule has 0 aromatic heterocycles. The van der Waals surface area contributed by atoms with Gasteiger partial charge in [-0.3, -0.25) is 4.79 Å². The summed E-state index contributed by atoms with van der Waals surface area (Å²) < 4.78 is 13.9. The molecule has 1 aromatic carbocycles. The molecule has 19 heavy (non-hydrogen) atoms. The van der Waals surface area contributed by atoms with Crippen molar-refractivity contribution in [3.05, 3.63) is 34.6 Å². The smallest absolute Gasteiger partial charge is 0.230 e. The number of hydrogen-bond acceptors (Lipinski definition) is 2. The van der Waals surface area contributed by atoms with Gasteiger partial charge in [-0.1, -0.05) is 17.7 Å². The molecule has 1 amide bonds. The Labute approximate surface area is 117 Å². The fourth-order valence-electron chi connectivity index (χ4n) is 1.79. The van der Waals surface area contributed by atoms with Gasteiger partial charge in [0.2, 0.25) is 5.91 Å². The van der Waals surface area contributed by atoms with Crippen molar-refractivity contribution in [1.29, 1.82) is 0 Å². The molecular formula is C14H19ClFNO2. The first-order valence-electron chi connectivity index (χ1n) is 6.16. The largest absolute Gasteiger partial charge is 0.396 e. The summed E-state index contributed by atoms with van der Waals surface area (Å²) in [6.07, 6.45) is 0.463. The van der Waals surface area contributed by atoms with Crippen LogP contribution >= 0.6 is 11.6 Å². The van der Waals surface area contributed by atoms with Gasteiger partial charge in [-0.2, -0.15) is 0 Å². The molecule has 0 aliphatic heterocycles. The van der Waals surface area contributed by atoms with Crippen LogP contribution in [0.15, 0.2) is 18.2 Å². The molecule has 3 nitrogen and oxygen atoms in total. The number of hydrogen-bond donors (Lipinski definition) is 2. The van der Waals surface area contributed by atoms with Crippen LogP contribution in [0.2, 0.25) is 5.02 Å². The second kappa shape index (κ2) is 6.35. The van der Waals surface area contributed by atoms with Gasteiger partial charge in [-0.15, -0.1) is 0 Å². The Balaban J connectivity index is 2.93. The highest BCUT2D eigenvalue weighted by molar-refractivity contribution is 6.30. The number of amides is 1. The normalized spacial score (nSPS) is 13.2. The first kappa shape index (κ1) is 15.9. The van der Waals surface area contributed by atoms with Crippen molar-refractivity contribution < 1.29 is 14.3 Å². The third-order valence-electron chi connectivity index (χ3n) is 3.11. The van der Waals surface area contributed by atoms with Crippen molar-refractivity contribution >= 4 is 17.5 Å². The summed E-state index contributed by atoms with van der Waals surface area (Å²) in [5.41, 5.74) is -0.705. The Morgan fingerprint density at radius 3 is 2.68 bits per heavy atom. The van der Waals surface area contributed by atoms with E-state index >= 15 is 0 Å². The molecule has 0 spiro atoms. The van der Waals surface area contributed by atoms with Crippen molar-refractivity contribution in [2.45, 2.75) is 38.6 Å². The summed E-state index contributed by atoms with van der Waals surface area (Å²) in [7, 11) is 0. The topological polar surface area (TPSA) is 49.3 Å². The minimum atomic E-state index is -1.00. The third kappa shape index (κ3) is 3.91. The minimum Gasteiger partial charge on any atom is -0.396 e. The second-order valence-corrected chi connectivity index (χ2v) is 5.57. The summed E-state index contributed by atoms with van der Waals surface area (Å²) in [4.78, 5) is 12.2. The Bertz CT molecular complexity index is 463. The van der Waals surface area contributed by atoms with E-state index in [0.29, 0.717) is 17.0 Å². The summed E-state index contributed by atoms with van der Waals surface area (Å²) in [5, 5.41) is 11.9. The maximum atomic E-state index is 13.9. The van der Waals surface area contributed by atoms with Crippen molar-refractivity contribution in [2.75, 3.05) is 6.61 Å². The number of aliphatic hydroxyl groups is 1. The van der Waals surface area contributed by atoms with E-state index in [1.807, 2.05) is 0 Å². The SMILES string of the molecule is C[C@H](CCO)NC(=O)C(C)(C)c1ccc(Cl)cc1F. The molecule has 1 aromatic rings. The van der Waals surface area contributed by atoms with Crippen LogP contribution in [0.5, 0.6) is 0 Å². The van der Waals surface area contributed by atoms with Crippen LogP contribution in [-0.2, 0) is 10.2 Å². The van der Waals surface area contributed by atoms with E-state index in [1.54, 1.807) is 26.8 Å². The van der Waals surface area contributed by atoms with Gasteiger partial charge in [-0.05, 0) is 39.3 Å².